The van der Waals surface area contributed by atoms with Crippen LogP contribution in [0, 0.1) is 16.0 Å². The highest BCUT2D eigenvalue weighted by molar-refractivity contribution is 6.30. The number of nitrogens with zero attached hydrogens (tertiary/aromatic N) is 2. The molecule has 1 atom stereocenters. The van der Waals surface area contributed by atoms with Gasteiger partial charge in [0.15, 0.2) is 6.10 Å². The number of halogens is 1. The number of amides is 1. The Morgan fingerprint density at radius 2 is 1.96 bits per heavy atom. The lowest BCUT2D eigenvalue weighted by molar-refractivity contribution is -0.384. The summed E-state index contributed by atoms with van der Waals surface area (Å²) in [6.45, 7) is 4.57. The van der Waals surface area contributed by atoms with Gasteiger partial charge in [0.1, 0.15) is 11.5 Å². The Hall–Kier alpha value is -2.80. The van der Waals surface area contributed by atoms with Crippen molar-refractivity contribution in [3.05, 3.63) is 57.6 Å². The number of hydrogen-bond acceptors (Lipinski definition) is 5. The van der Waals surface area contributed by atoms with Crippen LogP contribution in [-0.2, 0) is 4.79 Å². The molecule has 0 radical (unpaired) electrons. The molecule has 1 heterocycles. The fourth-order valence-corrected chi connectivity index (χ4v) is 3.11. The van der Waals surface area contributed by atoms with Crippen LogP contribution >= 0.6 is 11.6 Å². The number of rotatable bonds is 7. The number of nitro groups is 1. The Labute approximate surface area is 168 Å². The topological polar surface area (TPSA) is 81.9 Å². The molecule has 1 aliphatic rings. The summed E-state index contributed by atoms with van der Waals surface area (Å²) in [5.41, 5.74) is 0.336. The second-order valence-corrected chi connectivity index (χ2v) is 7.27. The van der Waals surface area contributed by atoms with Crippen LogP contribution < -0.4 is 14.4 Å². The van der Waals surface area contributed by atoms with Crippen LogP contribution in [0.1, 0.15) is 20.3 Å². The summed E-state index contributed by atoms with van der Waals surface area (Å²) >= 11 is 5.85. The lowest BCUT2D eigenvalue weighted by Gasteiger charge is -2.35. The van der Waals surface area contributed by atoms with Gasteiger partial charge in [-0.05, 0) is 42.7 Å². The Bertz CT molecular complexity index is 869. The number of ether oxygens (including phenoxy) is 2. The minimum absolute atomic E-state index is 0.0244. The molecule has 0 N–H and O–H groups in total. The molecule has 0 aliphatic carbocycles. The van der Waals surface area contributed by atoms with Crippen molar-refractivity contribution in [3.8, 4) is 11.5 Å². The van der Waals surface area contributed by atoms with Crippen molar-refractivity contribution in [3.63, 3.8) is 0 Å². The lowest BCUT2D eigenvalue weighted by atomic mass is 10.0. The maximum absolute atomic E-state index is 12.9. The molecule has 0 saturated heterocycles. The third-order valence-corrected chi connectivity index (χ3v) is 4.67. The fourth-order valence-electron chi connectivity index (χ4n) is 2.98. The second kappa shape index (κ2) is 8.48. The predicted octanol–water partition coefficient (Wildman–Crippen LogP) is 4.47. The van der Waals surface area contributed by atoms with Gasteiger partial charge >= 0.3 is 0 Å². The molecule has 1 amide bonds. The Morgan fingerprint density at radius 1 is 1.25 bits per heavy atom. The van der Waals surface area contributed by atoms with Crippen LogP contribution in [0.15, 0.2) is 42.5 Å². The average molecular weight is 405 g/mol. The van der Waals surface area contributed by atoms with Gasteiger partial charge in [0.25, 0.3) is 11.6 Å². The molecule has 1 unspecified atom stereocenters. The van der Waals surface area contributed by atoms with Crippen LogP contribution in [0.3, 0.4) is 0 Å². The largest absolute Gasteiger partial charge is 0.494 e. The molecule has 2 aromatic carbocycles. The molecule has 3 rings (SSSR count). The summed E-state index contributed by atoms with van der Waals surface area (Å²) in [4.78, 5) is 25.1. The molecule has 0 saturated carbocycles. The Kier molecular flexibility index (Phi) is 6.04. The zero-order valence-corrected chi connectivity index (χ0v) is 16.4. The molecule has 0 bridgehead atoms. The quantitative estimate of drug-likeness (QED) is 0.386. The predicted molar refractivity (Wildman–Crippen MR) is 106 cm³/mol. The summed E-state index contributed by atoms with van der Waals surface area (Å²) in [6, 6.07) is 11.3. The van der Waals surface area contributed by atoms with E-state index in [4.69, 9.17) is 21.1 Å². The smallest absolute Gasteiger partial charge is 0.271 e. The zero-order valence-electron chi connectivity index (χ0n) is 15.6. The number of anilines is 1. The average Bonchev–Trinajstić information content (AvgIpc) is 2.67. The van der Waals surface area contributed by atoms with Gasteiger partial charge in [-0.25, -0.2) is 0 Å². The molecule has 28 heavy (non-hydrogen) atoms. The van der Waals surface area contributed by atoms with Crippen molar-refractivity contribution in [1.29, 1.82) is 0 Å². The van der Waals surface area contributed by atoms with Crippen LogP contribution in [0.2, 0.25) is 5.02 Å². The third-order valence-electron chi connectivity index (χ3n) is 4.42. The van der Waals surface area contributed by atoms with Crippen molar-refractivity contribution >= 4 is 28.9 Å². The van der Waals surface area contributed by atoms with E-state index in [1.54, 1.807) is 35.2 Å². The van der Waals surface area contributed by atoms with Crippen molar-refractivity contribution in [2.45, 2.75) is 26.4 Å². The van der Waals surface area contributed by atoms with Gasteiger partial charge in [0.2, 0.25) is 0 Å². The summed E-state index contributed by atoms with van der Waals surface area (Å²) in [6.07, 6.45) is -0.0625. The minimum Gasteiger partial charge on any atom is -0.494 e. The highest BCUT2D eigenvalue weighted by atomic mass is 35.5. The summed E-state index contributed by atoms with van der Waals surface area (Å²) in [5, 5.41) is 11.7. The second-order valence-electron chi connectivity index (χ2n) is 6.84. The van der Waals surface area contributed by atoms with Gasteiger partial charge in [-0.15, -0.1) is 0 Å². The van der Waals surface area contributed by atoms with E-state index in [1.807, 2.05) is 13.8 Å². The van der Waals surface area contributed by atoms with Crippen molar-refractivity contribution in [2.75, 3.05) is 18.1 Å². The SMILES string of the molecule is CC(C)C1Oc2ccc([N+](=O)[O-])cc2N(CCCOc2ccc(Cl)cc2)C1=O. The molecule has 0 spiro atoms. The van der Waals surface area contributed by atoms with E-state index in [0.29, 0.717) is 41.8 Å². The first-order valence-electron chi connectivity index (χ1n) is 9.01. The van der Waals surface area contributed by atoms with E-state index in [2.05, 4.69) is 0 Å². The standard InChI is InChI=1S/C20H21ClN2O5/c1-13(2)19-20(24)22(10-3-11-27-16-7-4-14(21)5-8-16)17-12-15(23(25)26)6-9-18(17)28-19/h4-9,12-13,19H,3,10-11H2,1-2H3. The van der Waals surface area contributed by atoms with E-state index in [1.165, 1.54) is 12.1 Å². The number of nitro benzene ring substituents is 1. The maximum atomic E-state index is 12.9. The summed E-state index contributed by atoms with van der Waals surface area (Å²) < 4.78 is 11.5. The number of carbonyl (C=O) groups is 1. The summed E-state index contributed by atoms with van der Waals surface area (Å²) in [5.74, 6) is 0.939. The Balaban J connectivity index is 1.73. The molecule has 2 aromatic rings. The molecule has 0 fully saturated rings. The monoisotopic (exact) mass is 404 g/mol. The minimum atomic E-state index is -0.619. The molecule has 0 aromatic heterocycles. The highest BCUT2D eigenvalue weighted by Crippen LogP contribution is 2.38. The first-order chi connectivity index (χ1) is 13.4. The number of carbonyl (C=O) groups excluding carboxylic acids is 1. The first kappa shape index (κ1) is 19.9. The number of non-ortho nitro benzene ring substituents is 1. The molecule has 148 valence electrons. The lowest BCUT2D eigenvalue weighted by Crippen LogP contribution is -2.48. The van der Waals surface area contributed by atoms with Crippen molar-refractivity contribution < 1.29 is 19.2 Å². The van der Waals surface area contributed by atoms with Crippen LogP contribution in [0.4, 0.5) is 11.4 Å². The van der Waals surface area contributed by atoms with Gasteiger partial charge < -0.3 is 14.4 Å². The van der Waals surface area contributed by atoms with E-state index >= 15 is 0 Å². The Morgan fingerprint density at radius 3 is 2.61 bits per heavy atom. The molecule has 8 heteroatoms. The maximum Gasteiger partial charge on any atom is 0.271 e. The molecular formula is C20H21ClN2O5. The fraction of sp³-hybridized carbons (Fsp3) is 0.350. The first-order valence-corrected chi connectivity index (χ1v) is 9.39. The summed E-state index contributed by atoms with van der Waals surface area (Å²) in [7, 11) is 0. The molecular weight excluding hydrogens is 384 g/mol. The van der Waals surface area contributed by atoms with Gasteiger partial charge in [-0.1, -0.05) is 25.4 Å². The van der Waals surface area contributed by atoms with Gasteiger partial charge in [0.05, 0.1) is 17.2 Å². The van der Waals surface area contributed by atoms with Gasteiger partial charge in [-0.3, -0.25) is 14.9 Å². The number of hydrogen-bond donors (Lipinski definition) is 0. The zero-order chi connectivity index (χ0) is 20.3. The van der Waals surface area contributed by atoms with Crippen LogP contribution in [0.25, 0.3) is 0 Å². The van der Waals surface area contributed by atoms with Crippen molar-refractivity contribution in [2.24, 2.45) is 5.92 Å². The normalized spacial score (nSPS) is 15.9. The molecule has 1 aliphatic heterocycles. The van der Waals surface area contributed by atoms with Gasteiger partial charge in [-0.2, -0.15) is 0 Å². The highest BCUT2D eigenvalue weighted by Gasteiger charge is 2.36. The molecule has 7 nitrogen and oxygen atoms in total. The van der Waals surface area contributed by atoms with E-state index in [-0.39, 0.29) is 17.5 Å². The number of benzene rings is 2. The van der Waals surface area contributed by atoms with E-state index in [0.717, 1.165) is 0 Å². The van der Waals surface area contributed by atoms with E-state index < -0.39 is 11.0 Å². The number of fused-ring (bicyclic) bond motifs is 1. The third kappa shape index (κ3) is 4.36. The van der Waals surface area contributed by atoms with Gasteiger partial charge in [0, 0.05) is 23.7 Å². The van der Waals surface area contributed by atoms with E-state index in [9.17, 15) is 14.9 Å². The van der Waals surface area contributed by atoms with Crippen molar-refractivity contribution in [1.82, 2.24) is 0 Å². The van der Waals surface area contributed by atoms with Crippen LogP contribution in [-0.4, -0.2) is 30.1 Å². The van der Waals surface area contributed by atoms with Crippen LogP contribution in [0.5, 0.6) is 11.5 Å².